The number of nitrogens with one attached hydrogen (secondary N) is 3. The number of benzene rings is 1. The molecule has 1 saturated heterocycles. The summed E-state index contributed by atoms with van der Waals surface area (Å²) in [6, 6.07) is 4.64. The van der Waals surface area contributed by atoms with Crippen molar-refractivity contribution in [3.63, 3.8) is 0 Å². The average Bonchev–Trinajstić information content (AvgIpc) is 2.55. The van der Waals surface area contributed by atoms with Gasteiger partial charge in [-0.25, -0.2) is 0 Å². The van der Waals surface area contributed by atoms with Crippen LogP contribution in [0.25, 0.3) is 0 Å². The van der Waals surface area contributed by atoms with Crippen molar-refractivity contribution in [2.24, 2.45) is 0 Å². The maximum absolute atomic E-state index is 12.3. The van der Waals surface area contributed by atoms with Gasteiger partial charge in [0, 0.05) is 6.54 Å². The van der Waals surface area contributed by atoms with E-state index in [4.69, 9.17) is 4.74 Å². The van der Waals surface area contributed by atoms with Crippen LogP contribution in [0, 0.1) is 0 Å². The lowest BCUT2D eigenvalue weighted by Crippen LogP contribution is -3.27. The molecule has 0 spiro atoms. The predicted molar refractivity (Wildman–Crippen MR) is 83.7 cm³/mol. The smallest absolute Gasteiger partial charge is 0.387 e. The fourth-order valence-corrected chi connectivity index (χ4v) is 2.71. The van der Waals surface area contributed by atoms with Crippen LogP contribution in [0.1, 0.15) is 5.56 Å². The zero-order chi connectivity index (χ0) is 17.5. The van der Waals surface area contributed by atoms with Crippen molar-refractivity contribution < 1.29 is 32.8 Å². The Morgan fingerprint density at radius 1 is 1.25 bits per heavy atom. The second-order valence-electron chi connectivity index (χ2n) is 6.02. The number of halogens is 2. The van der Waals surface area contributed by atoms with Gasteiger partial charge in [0.1, 0.15) is 26.2 Å². The van der Waals surface area contributed by atoms with Crippen molar-refractivity contribution >= 4 is 5.91 Å². The van der Waals surface area contributed by atoms with E-state index in [2.05, 4.69) is 17.1 Å². The van der Waals surface area contributed by atoms with Gasteiger partial charge in [-0.05, 0) is 17.7 Å². The summed E-state index contributed by atoms with van der Waals surface area (Å²) in [5.74, 6) is 0.179. The molecule has 1 fully saturated rings. The molecule has 1 aromatic carbocycles. The first-order chi connectivity index (χ1) is 11.5. The van der Waals surface area contributed by atoms with Crippen LogP contribution in [-0.2, 0) is 11.3 Å². The first-order valence-corrected chi connectivity index (χ1v) is 8.01. The van der Waals surface area contributed by atoms with Crippen LogP contribution in [0.15, 0.2) is 18.2 Å². The Hall–Kier alpha value is -1.93. The van der Waals surface area contributed by atoms with Crippen LogP contribution in [0.3, 0.4) is 0 Å². The Bertz CT molecular complexity index is 549. The average molecular weight is 345 g/mol. The van der Waals surface area contributed by atoms with E-state index >= 15 is 0 Å². The Balaban J connectivity index is 1.83. The van der Waals surface area contributed by atoms with E-state index in [9.17, 15) is 13.6 Å². The second-order valence-corrected chi connectivity index (χ2v) is 6.02. The SMILES string of the molecule is COc1cc(CNC(=O)C[NH+]2CC[NH+](C)CC2)ccc1OC(F)F. The summed E-state index contributed by atoms with van der Waals surface area (Å²) in [6.07, 6.45) is 0. The lowest BCUT2D eigenvalue weighted by Gasteiger charge is -2.26. The van der Waals surface area contributed by atoms with Gasteiger partial charge in [-0.15, -0.1) is 0 Å². The van der Waals surface area contributed by atoms with E-state index in [1.165, 1.54) is 23.0 Å². The third-order valence-corrected chi connectivity index (χ3v) is 4.15. The highest BCUT2D eigenvalue weighted by molar-refractivity contribution is 5.76. The number of carbonyl (C=O) groups excluding carboxylic acids is 1. The summed E-state index contributed by atoms with van der Waals surface area (Å²) < 4.78 is 34.0. The van der Waals surface area contributed by atoms with E-state index in [0.29, 0.717) is 13.1 Å². The van der Waals surface area contributed by atoms with E-state index in [1.54, 1.807) is 12.1 Å². The van der Waals surface area contributed by atoms with E-state index in [-0.39, 0.29) is 17.4 Å². The molecule has 1 aromatic rings. The van der Waals surface area contributed by atoms with Gasteiger partial charge in [0.25, 0.3) is 5.91 Å². The van der Waals surface area contributed by atoms with Crippen LogP contribution in [-0.4, -0.2) is 59.4 Å². The number of amides is 1. The van der Waals surface area contributed by atoms with Gasteiger partial charge in [0.15, 0.2) is 18.0 Å². The molecule has 1 heterocycles. The van der Waals surface area contributed by atoms with Gasteiger partial charge >= 0.3 is 6.61 Å². The van der Waals surface area contributed by atoms with Gasteiger partial charge in [-0.3, -0.25) is 4.79 Å². The number of hydrogen-bond acceptors (Lipinski definition) is 3. The number of rotatable bonds is 7. The number of quaternary nitrogens is 2. The van der Waals surface area contributed by atoms with Crippen LogP contribution < -0.4 is 24.6 Å². The van der Waals surface area contributed by atoms with Gasteiger partial charge < -0.3 is 24.6 Å². The van der Waals surface area contributed by atoms with E-state index in [0.717, 1.165) is 31.7 Å². The molecular weight excluding hydrogens is 320 g/mol. The first-order valence-electron chi connectivity index (χ1n) is 8.01. The van der Waals surface area contributed by atoms with Crippen LogP contribution in [0.2, 0.25) is 0 Å². The van der Waals surface area contributed by atoms with Crippen molar-refractivity contribution in [3.05, 3.63) is 23.8 Å². The molecule has 0 aliphatic carbocycles. The maximum Gasteiger partial charge on any atom is 0.387 e. The maximum atomic E-state index is 12.3. The highest BCUT2D eigenvalue weighted by Gasteiger charge is 2.22. The zero-order valence-corrected chi connectivity index (χ0v) is 14.0. The number of piperazine rings is 1. The molecular formula is C16H25F2N3O3+2. The fraction of sp³-hybridized carbons (Fsp3) is 0.562. The van der Waals surface area contributed by atoms with E-state index in [1.807, 2.05) is 0 Å². The molecule has 0 saturated carbocycles. The molecule has 8 heteroatoms. The summed E-state index contributed by atoms with van der Waals surface area (Å²) in [4.78, 5) is 14.8. The third-order valence-electron chi connectivity index (χ3n) is 4.15. The molecule has 1 aliphatic rings. The molecule has 134 valence electrons. The Morgan fingerprint density at radius 2 is 1.96 bits per heavy atom. The van der Waals surface area contributed by atoms with E-state index < -0.39 is 6.61 Å². The largest absolute Gasteiger partial charge is 0.493 e. The molecule has 24 heavy (non-hydrogen) atoms. The molecule has 0 unspecified atom stereocenters. The minimum atomic E-state index is -2.90. The lowest BCUT2D eigenvalue weighted by molar-refractivity contribution is -1.000. The third kappa shape index (κ3) is 5.61. The van der Waals surface area contributed by atoms with Crippen LogP contribution in [0.4, 0.5) is 8.78 Å². The highest BCUT2D eigenvalue weighted by Crippen LogP contribution is 2.29. The number of hydrogen-bond donors (Lipinski definition) is 3. The number of methoxy groups -OCH3 is 1. The minimum absolute atomic E-state index is 0.0172. The Labute approximate surface area is 140 Å². The topological polar surface area (TPSA) is 56.4 Å². The van der Waals surface area contributed by atoms with Gasteiger partial charge in [0.2, 0.25) is 0 Å². The molecule has 0 bridgehead atoms. The van der Waals surface area contributed by atoms with Crippen molar-refractivity contribution in [2.45, 2.75) is 13.2 Å². The van der Waals surface area contributed by atoms with Gasteiger partial charge in [0.05, 0.1) is 14.2 Å². The van der Waals surface area contributed by atoms with Gasteiger partial charge in [-0.2, -0.15) is 8.78 Å². The quantitative estimate of drug-likeness (QED) is 0.554. The number of ether oxygens (including phenoxy) is 2. The van der Waals surface area contributed by atoms with Crippen molar-refractivity contribution in [1.82, 2.24) is 5.32 Å². The van der Waals surface area contributed by atoms with Crippen molar-refractivity contribution in [3.8, 4) is 11.5 Å². The second kappa shape index (κ2) is 8.79. The molecule has 0 radical (unpaired) electrons. The van der Waals surface area contributed by atoms with Crippen LogP contribution in [0.5, 0.6) is 11.5 Å². The Kier molecular flexibility index (Phi) is 6.74. The molecule has 1 amide bonds. The Morgan fingerprint density at radius 3 is 2.58 bits per heavy atom. The highest BCUT2D eigenvalue weighted by atomic mass is 19.3. The summed E-state index contributed by atoms with van der Waals surface area (Å²) in [7, 11) is 3.54. The molecule has 6 nitrogen and oxygen atoms in total. The molecule has 2 rings (SSSR count). The summed E-state index contributed by atoms with van der Waals surface area (Å²) in [6.45, 7) is 2.01. The normalized spacial score (nSPS) is 20.7. The zero-order valence-electron chi connectivity index (χ0n) is 14.0. The van der Waals surface area contributed by atoms with Crippen molar-refractivity contribution in [2.75, 3.05) is 46.9 Å². The number of alkyl halides is 2. The minimum Gasteiger partial charge on any atom is -0.493 e. The molecule has 0 aromatic heterocycles. The molecule has 1 aliphatic heterocycles. The molecule has 0 atom stereocenters. The van der Waals surface area contributed by atoms with Crippen LogP contribution >= 0.6 is 0 Å². The van der Waals surface area contributed by atoms with Gasteiger partial charge in [-0.1, -0.05) is 6.07 Å². The summed E-state index contributed by atoms with van der Waals surface area (Å²) in [5, 5.41) is 2.86. The predicted octanol–water partition coefficient (Wildman–Crippen LogP) is -1.67. The number of likely N-dealkylation sites (N-methyl/N-ethyl adjacent to an activating group) is 1. The lowest BCUT2D eigenvalue weighted by atomic mass is 10.2. The van der Waals surface area contributed by atoms with Crippen molar-refractivity contribution in [1.29, 1.82) is 0 Å². The monoisotopic (exact) mass is 345 g/mol. The summed E-state index contributed by atoms with van der Waals surface area (Å²) in [5.41, 5.74) is 0.764. The standard InChI is InChI=1S/C16H23F2N3O3/c1-20-5-7-21(8-6-20)11-15(22)19-10-12-3-4-13(24-16(17)18)14(9-12)23-2/h3-4,9,16H,5-8,10-11H2,1-2H3,(H,19,22)/p+2. The first kappa shape index (κ1) is 18.4. The number of carbonyl (C=O) groups is 1. The molecule has 3 N–H and O–H groups in total. The summed E-state index contributed by atoms with van der Waals surface area (Å²) >= 11 is 0. The fourth-order valence-electron chi connectivity index (χ4n) is 2.71.